The van der Waals surface area contributed by atoms with Gasteiger partial charge in [0.1, 0.15) is 16.5 Å². The van der Waals surface area contributed by atoms with Gasteiger partial charge in [0.25, 0.3) is 0 Å². The molecular weight excluding hydrogens is 440 g/mol. The molecule has 2 aliphatic rings. The van der Waals surface area contributed by atoms with Crippen molar-refractivity contribution in [3.63, 3.8) is 0 Å². The zero-order valence-corrected chi connectivity index (χ0v) is 17.4. The average molecular weight is 460 g/mol. The minimum absolute atomic E-state index is 0.00936. The van der Waals surface area contributed by atoms with Gasteiger partial charge < -0.3 is 9.32 Å². The summed E-state index contributed by atoms with van der Waals surface area (Å²) in [7, 11) is -4.53. The molecule has 11 heteroatoms. The number of benzene rings is 1. The van der Waals surface area contributed by atoms with Crippen LogP contribution in [0.1, 0.15) is 30.8 Å². The lowest BCUT2D eigenvalue weighted by atomic mass is 9.79. The number of anilines is 1. The number of rotatable bonds is 3. The first-order chi connectivity index (χ1) is 14.4. The Balaban J connectivity index is 1.63. The van der Waals surface area contributed by atoms with E-state index in [1.54, 1.807) is 0 Å². The summed E-state index contributed by atoms with van der Waals surface area (Å²) in [6, 6.07) is 6.25. The summed E-state index contributed by atoms with van der Waals surface area (Å²) in [4.78, 5) is 13.8. The Morgan fingerprint density at radius 3 is 2.42 bits per heavy atom. The molecule has 0 aliphatic carbocycles. The third-order valence-corrected chi connectivity index (χ3v) is 7.74. The van der Waals surface area contributed by atoms with Gasteiger partial charge in [0, 0.05) is 31.4 Å². The van der Waals surface area contributed by atoms with Gasteiger partial charge >= 0.3 is 6.18 Å². The maximum absolute atomic E-state index is 13.3. The number of amides is 1. The van der Waals surface area contributed by atoms with Crippen molar-refractivity contribution in [2.24, 2.45) is 5.41 Å². The molecule has 1 atom stereocenters. The van der Waals surface area contributed by atoms with E-state index in [-0.39, 0.29) is 24.8 Å². The monoisotopic (exact) mass is 460 g/mol. The first-order valence-electron chi connectivity index (χ1n) is 9.69. The van der Waals surface area contributed by atoms with Crippen molar-refractivity contribution < 1.29 is 35.2 Å². The number of sulfonamides is 1. The summed E-state index contributed by atoms with van der Waals surface area (Å²) >= 11 is 0. The maximum Gasteiger partial charge on any atom is 0.450 e. The molecule has 1 spiro atoms. The van der Waals surface area contributed by atoms with Gasteiger partial charge in [-0.3, -0.25) is 4.79 Å². The van der Waals surface area contributed by atoms with Crippen molar-refractivity contribution in [2.45, 2.75) is 37.3 Å². The zero-order valence-electron chi connectivity index (χ0n) is 16.6. The summed E-state index contributed by atoms with van der Waals surface area (Å²) in [6.45, 7) is 1.35. The normalized spacial score (nSPS) is 23.1. The summed E-state index contributed by atoms with van der Waals surface area (Å²) < 4.78 is 85.0. The van der Waals surface area contributed by atoms with Crippen LogP contribution in [0.15, 0.2) is 39.6 Å². The third kappa shape index (κ3) is 3.73. The van der Waals surface area contributed by atoms with Crippen molar-refractivity contribution in [1.82, 2.24) is 4.31 Å². The number of carbonyl (C=O) groups excluding carboxylic acids is 1. The van der Waals surface area contributed by atoms with Crippen LogP contribution in [0.2, 0.25) is 0 Å². The predicted octanol–water partition coefficient (Wildman–Crippen LogP) is 3.95. The maximum atomic E-state index is 13.3. The highest BCUT2D eigenvalue weighted by Crippen LogP contribution is 2.44. The van der Waals surface area contributed by atoms with E-state index < -0.39 is 38.1 Å². The van der Waals surface area contributed by atoms with Crippen LogP contribution in [-0.4, -0.2) is 38.3 Å². The number of hydrogen-bond acceptors (Lipinski definition) is 4. The second kappa shape index (κ2) is 7.33. The number of nitrogens with zero attached hydrogens (tertiary/aromatic N) is 2. The lowest BCUT2D eigenvalue weighted by molar-refractivity contribution is -0.156. The van der Waals surface area contributed by atoms with E-state index in [1.807, 2.05) is 0 Å². The van der Waals surface area contributed by atoms with E-state index in [9.17, 15) is 30.8 Å². The highest BCUT2D eigenvalue weighted by Gasteiger charge is 2.52. The van der Waals surface area contributed by atoms with Crippen LogP contribution in [0.25, 0.3) is 0 Å². The Morgan fingerprint density at radius 2 is 1.77 bits per heavy atom. The number of carbonyl (C=O) groups is 1. The molecule has 0 saturated carbocycles. The van der Waals surface area contributed by atoms with Gasteiger partial charge in [-0.15, -0.1) is 0 Å². The Hall–Kier alpha value is -2.40. The predicted molar refractivity (Wildman–Crippen MR) is 102 cm³/mol. The van der Waals surface area contributed by atoms with Gasteiger partial charge in [-0.05, 0) is 50.5 Å². The van der Waals surface area contributed by atoms with Gasteiger partial charge in [0.15, 0.2) is 0 Å². The molecule has 2 fully saturated rings. The standard InChI is InChI=1S/C20H20F4N2O4S/c1-13-11-16(17(30-13)20(22,23)24)31(28,29)25-9-2-7-19(12-25)8-10-26(18(19)27)15-5-3-14(21)4-6-15/h3-6,11H,2,7-10,12H2,1H3. The average Bonchev–Trinajstić information content (AvgIpc) is 3.25. The number of alkyl halides is 3. The highest BCUT2D eigenvalue weighted by atomic mass is 32.2. The fourth-order valence-electron chi connectivity index (χ4n) is 4.38. The van der Waals surface area contributed by atoms with Crippen LogP contribution in [0.5, 0.6) is 0 Å². The molecule has 1 aromatic heterocycles. The third-order valence-electron chi connectivity index (χ3n) is 5.89. The molecule has 2 saturated heterocycles. The topological polar surface area (TPSA) is 70.8 Å². The number of hydrogen-bond donors (Lipinski definition) is 0. The Morgan fingerprint density at radius 1 is 1.10 bits per heavy atom. The number of furan rings is 1. The lowest BCUT2D eigenvalue weighted by Gasteiger charge is -2.38. The van der Waals surface area contributed by atoms with Gasteiger partial charge in [0.2, 0.25) is 21.7 Å². The smallest absolute Gasteiger partial charge is 0.450 e. The Bertz CT molecular complexity index is 1110. The van der Waals surface area contributed by atoms with Gasteiger partial charge in [-0.25, -0.2) is 12.8 Å². The van der Waals surface area contributed by atoms with E-state index in [0.29, 0.717) is 31.5 Å². The number of halogens is 4. The van der Waals surface area contributed by atoms with Crippen LogP contribution in [0.3, 0.4) is 0 Å². The molecule has 0 bridgehead atoms. The molecule has 2 aliphatic heterocycles. The first kappa shape index (κ1) is 21.8. The Labute approximate surface area is 176 Å². The molecule has 0 radical (unpaired) electrons. The van der Waals surface area contributed by atoms with Gasteiger partial charge in [0.05, 0.1) is 5.41 Å². The van der Waals surface area contributed by atoms with E-state index in [4.69, 9.17) is 0 Å². The van der Waals surface area contributed by atoms with Crippen LogP contribution in [0.4, 0.5) is 23.2 Å². The molecule has 0 N–H and O–H groups in total. The molecule has 1 unspecified atom stereocenters. The summed E-state index contributed by atoms with van der Waals surface area (Å²) in [5.41, 5.74) is -0.537. The van der Waals surface area contributed by atoms with Crippen molar-refractivity contribution in [3.8, 4) is 0 Å². The lowest BCUT2D eigenvalue weighted by Crippen LogP contribution is -2.50. The molecule has 2 aromatic rings. The Kier molecular flexibility index (Phi) is 5.16. The second-order valence-electron chi connectivity index (χ2n) is 7.95. The molecule has 6 nitrogen and oxygen atoms in total. The second-order valence-corrected chi connectivity index (χ2v) is 9.86. The molecular formula is C20H20F4N2O4S. The molecule has 31 heavy (non-hydrogen) atoms. The number of aryl methyl sites for hydroxylation is 1. The van der Waals surface area contributed by atoms with E-state index in [0.717, 1.165) is 10.4 Å². The largest absolute Gasteiger partial charge is 0.455 e. The zero-order chi connectivity index (χ0) is 22.6. The van der Waals surface area contributed by atoms with Crippen LogP contribution < -0.4 is 4.90 Å². The molecule has 168 valence electrons. The SMILES string of the molecule is Cc1cc(S(=O)(=O)N2CCCC3(CCN(c4ccc(F)cc4)C3=O)C2)c(C(F)(F)F)o1. The molecule has 3 heterocycles. The molecule has 4 rings (SSSR count). The van der Waals surface area contributed by atoms with Crippen molar-refractivity contribution >= 4 is 21.6 Å². The minimum Gasteiger partial charge on any atom is -0.455 e. The summed E-state index contributed by atoms with van der Waals surface area (Å²) in [5, 5.41) is 0. The van der Waals surface area contributed by atoms with Crippen molar-refractivity contribution in [2.75, 3.05) is 24.5 Å². The van der Waals surface area contributed by atoms with E-state index in [2.05, 4.69) is 4.42 Å². The summed E-state index contributed by atoms with van der Waals surface area (Å²) in [6.07, 6.45) is -3.86. The quantitative estimate of drug-likeness (QED) is 0.651. The van der Waals surface area contributed by atoms with Gasteiger partial charge in [-0.2, -0.15) is 17.5 Å². The van der Waals surface area contributed by atoms with Crippen LogP contribution >= 0.6 is 0 Å². The molecule has 1 amide bonds. The molecule has 1 aromatic carbocycles. The van der Waals surface area contributed by atoms with E-state index >= 15 is 0 Å². The summed E-state index contributed by atoms with van der Waals surface area (Å²) in [5.74, 6) is -2.48. The van der Waals surface area contributed by atoms with Crippen molar-refractivity contribution in [1.29, 1.82) is 0 Å². The van der Waals surface area contributed by atoms with Crippen molar-refractivity contribution in [3.05, 3.63) is 47.7 Å². The highest BCUT2D eigenvalue weighted by molar-refractivity contribution is 7.89. The van der Waals surface area contributed by atoms with Crippen LogP contribution in [-0.2, 0) is 21.0 Å². The van der Waals surface area contributed by atoms with E-state index in [1.165, 1.54) is 36.1 Å². The fourth-order valence-corrected chi connectivity index (χ4v) is 6.15. The first-order valence-corrected chi connectivity index (χ1v) is 11.1. The van der Waals surface area contributed by atoms with Crippen LogP contribution in [0, 0.1) is 18.2 Å². The minimum atomic E-state index is -4.97. The number of piperidine rings is 1. The fraction of sp³-hybridized carbons (Fsp3) is 0.450. The van der Waals surface area contributed by atoms with Gasteiger partial charge in [-0.1, -0.05) is 0 Å².